The second-order valence-corrected chi connectivity index (χ2v) is 4.76. The van der Waals surface area contributed by atoms with Crippen LogP contribution in [0.2, 0.25) is 0 Å². The van der Waals surface area contributed by atoms with E-state index in [0.29, 0.717) is 10.6 Å². The fraction of sp³-hybridized carbons (Fsp3) is 0.154. The standard InChI is InChI=1S/C13H15NO2S/c1-9(14)12(8-13(15)16)17-10(2)11-6-4-3-5-7-11/h3-7H,2,8,14H2,1H3,(H,15,16)/b12-9-. The minimum absolute atomic E-state index is 0.0706. The van der Waals surface area contributed by atoms with Crippen molar-refractivity contribution in [3.05, 3.63) is 53.1 Å². The van der Waals surface area contributed by atoms with Crippen LogP contribution in [0, 0.1) is 0 Å². The van der Waals surface area contributed by atoms with Gasteiger partial charge in [-0.05, 0) is 12.5 Å². The molecule has 0 amide bonds. The summed E-state index contributed by atoms with van der Waals surface area (Å²) in [6, 6.07) is 9.61. The maximum absolute atomic E-state index is 10.7. The molecule has 0 aliphatic carbocycles. The highest BCUT2D eigenvalue weighted by Crippen LogP contribution is 2.34. The Morgan fingerprint density at radius 3 is 2.47 bits per heavy atom. The Morgan fingerprint density at radius 1 is 1.41 bits per heavy atom. The molecule has 90 valence electrons. The fourth-order valence-electron chi connectivity index (χ4n) is 1.23. The van der Waals surface area contributed by atoms with Gasteiger partial charge in [0.15, 0.2) is 0 Å². The third-order valence-electron chi connectivity index (χ3n) is 2.09. The van der Waals surface area contributed by atoms with Gasteiger partial charge in [0, 0.05) is 15.5 Å². The van der Waals surface area contributed by atoms with E-state index in [1.165, 1.54) is 11.8 Å². The summed E-state index contributed by atoms with van der Waals surface area (Å²) in [5.74, 6) is -0.891. The van der Waals surface area contributed by atoms with Gasteiger partial charge in [-0.1, -0.05) is 48.7 Å². The molecular formula is C13H15NO2S. The molecular weight excluding hydrogens is 234 g/mol. The van der Waals surface area contributed by atoms with Gasteiger partial charge >= 0.3 is 5.97 Å². The van der Waals surface area contributed by atoms with Gasteiger partial charge in [-0.15, -0.1) is 0 Å². The largest absolute Gasteiger partial charge is 0.481 e. The zero-order valence-corrected chi connectivity index (χ0v) is 10.5. The second-order valence-electron chi connectivity index (χ2n) is 3.57. The number of carbonyl (C=O) groups is 1. The molecule has 0 aromatic heterocycles. The first-order valence-electron chi connectivity index (χ1n) is 5.10. The number of allylic oxidation sites excluding steroid dienone is 1. The van der Waals surface area contributed by atoms with Crippen LogP contribution >= 0.6 is 11.8 Å². The average molecular weight is 249 g/mol. The number of hydrogen-bond acceptors (Lipinski definition) is 3. The van der Waals surface area contributed by atoms with Crippen molar-refractivity contribution in [2.24, 2.45) is 5.73 Å². The maximum atomic E-state index is 10.7. The van der Waals surface area contributed by atoms with E-state index in [1.54, 1.807) is 6.92 Å². The van der Waals surface area contributed by atoms with Crippen molar-refractivity contribution in [3.8, 4) is 0 Å². The zero-order valence-electron chi connectivity index (χ0n) is 9.64. The van der Waals surface area contributed by atoms with Gasteiger partial charge in [-0.25, -0.2) is 0 Å². The molecule has 4 heteroatoms. The third-order valence-corrected chi connectivity index (χ3v) is 3.29. The van der Waals surface area contributed by atoms with E-state index in [9.17, 15) is 4.79 Å². The summed E-state index contributed by atoms with van der Waals surface area (Å²) in [7, 11) is 0. The molecule has 17 heavy (non-hydrogen) atoms. The number of benzene rings is 1. The number of hydrogen-bond donors (Lipinski definition) is 2. The smallest absolute Gasteiger partial charge is 0.308 e. The van der Waals surface area contributed by atoms with Crippen molar-refractivity contribution in [2.75, 3.05) is 0 Å². The number of carboxylic acid groups (broad SMARTS) is 1. The second kappa shape index (κ2) is 6.15. The van der Waals surface area contributed by atoms with Crippen LogP contribution in [0.1, 0.15) is 18.9 Å². The van der Waals surface area contributed by atoms with Crippen molar-refractivity contribution in [3.63, 3.8) is 0 Å². The van der Waals surface area contributed by atoms with E-state index in [-0.39, 0.29) is 6.42 Å². The van der Waals surface area contributed by atoms with Gasteiger partial charge in [0.1, 0.15) is 0 Å². The van der Waals surface area contributed by atoms with Crippen molar-refractivity contribution in [2.45, 2.75) is 13.3 Å². The molecule has 0 atom stereocenters. The molecule has 0 saturated carbocycles. The predicted molar refractivity (Wildman–Crippen MR) is 72.2 cm³/mol. The van der Waals surface area contributed by atoms with Crippen LogP contribution < -0.4 is 5.73 Å². The van der Waals surface area contributed by atoms with E-state index in [1.807, 2.05) is 30.3 Å². The Morgan fingerprint density at radius 2 is 2.00 bits per heavy atom. The molecule has 1 rings (SSSR count). The lowest BCUT2D eigenvalue weighted by atomic mass is 10.2. The molecule has 0 bridgehead atoms. The number of rotatable bonds is 5. The van der Waals surface area contributed by atoms with Gasteiger partial charge in [-0.2, -0.15) is 0 Å². The minimum atomic E-state index is -0.891. The summed E-state index contributed by atoms with van der Waals surface area (Å²) in [6.45, 7) is 5.63. The fourth-order valence-corrected chi connectivity index (χ4v) is 2.13. The molecule has 0 fully saturated rings. The number of nitrogens with two attached hydrogens (primary N) is 1. The van der Waals surface area contributed by atoms with Gasteiger partial charge in [0.2, 0.25) is 0 Å². The molecule has 0 spiro atoms. The molecule has 3 N–H and O–H groups in total. The monoisotopic (exact) mass is 249 g/mol. The zero-order chi connectivity index (χ0) is 12.8. The SMILES string of the molecule is C=C(S/C(CC(=O)O)=C(/C)N)c1ccccc1. The summed E-state index contributed by atoms with van der Waals surface area (Å²) in [5, 5.41) is 8.78. The molecule has 0 aliphatic heterocycles. The van der Waals surface area contributed by atoms with Crippen LogP contribution in [0.5, 0.6) is 0 Å². The van der Waals surface area contributed by atoms with E-state index in [0.717, 1.165) is 10.5 Å². The van der Waals surface area contributed by atoms with Crippen molar-refractivity contribution < 1.29 is 9.90 Å². The molecule has 0 radical (unpaired) electrons. The first-order valence-corrected chi connectivity index (χ1v) is 5.91. The van der Waals surface area contributed by atoms with Crippen molar-refractivity contribution in [1.82, 2.24) is 0 Å². The molecule has 0 saturated heterocycles. The summed E-state index contributed by atoms with van der Waals surface area (Å²) >= 11 is 1.31. The lowest BCUT2D eigenvalue weighted by molar-refractivity contribution is -0.136. The number of thioether (sulfide) groups is 1. The van der Waals surface area contributed by atoms with Gasteiger partial charge in [-0.3, -0.25) is 4.79 Å². The lowest BCUT2D eigenvalue weighted by Gasteiger charge is -2.09. The summed E-state index contributed by atoms with van der Waals surface area (Å²) < 4.78 is 0. The Balaban J connectivity index is 2.80. The maximum Gasteiger partial charge on any atom is 0.308 e. The molecule has 1 aromatic rings. The van der Waals surface area contributed by atoms with Crippen LogP contribution in [0.4, 0.5) is 0 Å². The summed E-state index contributed by atoms with van der Waals surface area (Å²) in [6.07, 6.45) is -0.0706. The Kier molecular flexibility index (Phi) is 4.84. The minimum Gasteiger partial charge on any atom is -0.481 e. The van der Waals surface area contributed by atoms with E-state index in [2.05, 4.69) is 6.58 Å². The van der Waals surface area contributed by atoms with Crippen LogP contribution in [-0.2, 0) is 4.79 Å². The summed E-state index contributed by atoms with van der Waals surface area (Å²) in [4.78, 5) is 12.1. The van der Waals surface area contributed by atoms with Crippen molar-refractivity contribution >= 4 is 22.6 Å². The Bertz CT molecular complexity index is 448. The van der Waals surface area contributed by atoms with E-state index < -0.39 is 5.97 Å². The first kappa shape index (κ1) is 13.4. The van der Waals surface area contributed by atoms with Crippen LogP contribution in [0.15, 0.2) is 47.5 Å². The van der Waals surface area contributed by atoms with Gasteiger partial charge < -0.3 is 10.8 Å². The van der Waals surface area contributed by atoms with Crippen LogP contribution in [0.25, 0.3) is 4.91 Å². The van der Waals surface area contributed by atoms with Gasteiger partial charge in [0.05, 0.1) is 6.42 Å². The molecule has 0 unspecified atom stereocenters. The number of aliphatic carboxylic acids is 1. The van der Waals surface area contributed by atoms with Gasteiger partial charge in [0.25, 0.3) is 0 Å². The predicted octanol–water partition coefficient (Wildman–Crippen LogP) is 3.06. The highest BCUT2D eigenvalue weighted by atomic mass is 32.2. The highest BCUT2D eigenvalue weighted by molar-refractivity contribution is 8.11. The molecule has 0 heterocycles. The molecule has 1 aromatic carbocycles. The van der Waals surface area contributed by atoms with Crippen molar-refractivity contribution in [1.29, 1.82) is 0 Å². The Labute approximate surface area is 105 Å². The Hall–Kier alpha value is -1.68. The normalized spacial score (nSPS) is 11.8. The topological polar surface area (TPSA) is 63.3 Å². The average Bonchev–Trinajstić information content (AvgIpc) is 2.28. The first-order chi connectivity index (χ1) is 8.00. The number of carboxylic acids is 1. The third kappa shape index (κ3) is 4.36. The molecule has 3 nitrogen and oxygen atoms in total. The summed E-state index contributed by atoms with van der Waals surface area (Å²) in [5.41, 5.74) is 7.16. The van der Waals surface area contributed by atoms with E-state index >= 15 is 0 Å². The van der Waals surface area contributed by atoms with Crippen LogP contribution in [-0.4, -0.2) is 11.1 Å². The lowest BCUT2D eigenvalue weighted by Crippen LogP contribution is -2.02. The highest BCUT2D eigenvalue weighted by Gasteiger charge is 2.10. The van der Waals surface area contributed by atoms with Crippen LogP contribution in [0.3, 0.4) is 0 Å². The quantitative estimate of drug-likeness (QED) is 0.841. The van der Waals surface area contributed by atoms with E-state index in [4.69, 9.17) is 10.8 Å². The molecule has 0 aliphatic rings.